The number of benzene rings is 2. The molecule has 0 amide bonds. The summed E-state index contributed by atoms with van der Waals surface area (Å²) in [7, 11) is 1.85. The smallest absolute Gasteiger partial charge is 0.308 e. The summed E-state index contributed by atoms with van der Waals surface area (Å²) < 4.78 is 5.30. The number of hydrogen-bond acceptors (Lipinski definition) is 3. The van der Waals surface area contributed by atoms with Crippen LogP contribution < -0.4 is 5.32 Å². The fourth-order valence-corrected chi connectivity index (χ4v) is 2.04. The molecule has 0 aliphatic heterocycles. The van der Waals surface area contributed by atoms with Crippen LogP contribution in [0, 0.1) is 0 Å². The van der Waals surface area contributed by atoms with Crippen LogP contribution in [0.3, 0.4) is 0 Å². The van der Waals surface area contributed by atoms with Gasteiger partial charge in [0.25, 0.3) is 0 Å². The van der Waals surface area contributed by atoms with Crippen LogP contribution in [-0.2, 0) is 16.1 Å². The molecule has 1 N–H and O–H groups in total. The summed E-state index contributed by atoms with van der Waals surface area (Å²) in [5, 5.41) is 3.15. The Morgan fingerprint density at radius 3 is 2.25 bits per heavy atom. The van der Waals surface area contributed by atoms with Gasteiger partial charge in [0.1, 0.15) is 6.61 Å². The van der Waals surface area contributed by atoms with Gasteiger partial charge in [-0.05, 0) is 18.2 Å². The van der Waals surface area contributed by atoms with Crippen LogP contribution in [0.25, 0.3) is 0 Å². The minimum Gasteiger partial charge on any atom is -0.461 e. The third-order valence-corrected chi connectivity index (χ3v) is 3.16. The Labute approximate surface area is 119 Å². The first-order valence-corrected chi connectivity index (χ1v) is 6.71. The molecule has 1 atom stereocenters. The van der Waals surface area contributed by atoms with Crippen LogP contribution in [0.15, 0.2) is 60.7 Å². The lowest BCUT2D eigenvalue weighted by Gasteiger charge is -2.15. The zero-order valence-electron chi connectivity index (χ0n) is 11.6. The van der Waals surface area contributed by atoms with Gasteiger partial charge in [-0.25, -0.2) is 0 Å². The number of carbonyl (C=O) groups is 1. The third-order valence-electron chi connectivity index (χ3n) is 3.16. The molecule has 0 saturated heterocycles. The summed E-state index contributed by atoms with van der Waals surface area (Å²) in [5.74, 6) is -0.197. The molecule has 0 heterocycles. The monoisotopic (exact) mass is 269 g/mol. The van der Waals surface area contributed by atoms with Crippen LogP contribution in [0.2, 0.25) is 0 Å². The topological polar surface area (TPSA) is 38.3 Å². The number of ether oxygens (including phenoxy) is 1. The van der Waals surface area contributed by atoms with Gasteiger partial charge < -0.3 is 10.1 Å². The van der Waals surface area contributed by atoms with Gasteiger partial charge >= 0.3 is 5.97 Å². The van der Waals surface area contributed by atoms with E-state index in [1.807, 2.05) is 67.7 Å². The molecule has 0 aromatic heterocycles. The summed E-state index contributed by atoms with van der Waals surface area (Å²) in [6, 6.07) is 19.6. The van der Waals surface area contributed by atoms with E-state index in [0.717, 1.165) is 11.1 Å². The van der Waals surface area contributed by atoms with E-state index in [9.17, 15) is 4.79 Å². The molecule has 2 aromatic carbocycles. The Balaban J connectivity index is 1.87. The van der Waals surface area contributed by atoms with Crippen molar-refractivity contribution >= 4 is 5.97 Å². The second-order valence-corrected chi connectivity index (χ2v) is 4.60. The van der Waals surface area contributed by atoms with E-state index in [-0.39, 0.29) is 12.0 Å². The molecule has 3 heteroatoms. The standard InChI is InChI=1S/C17H19NO2/c1-18-16(15-10-6-3-7-11-15)12-17(19)20-13-14-8-4-2-5-9-14/h2-11,16,18H,12-13H2,1H3. The Morgan fingerprint density at radius 1 is 1.05 bits per heavy atom. The summed E-state index contributed by atoms with van der Waals surface area (Å²) in [6.07, 6.45) is 0.327. The van der Waals surface area contributed by atoms with Crippen molar-refractivity contribution in [2.45, 2.75) is 19.1 Å². The summed E-state index contributed by atoms with van der Waals surface area (Å²) in [5.41, 5.74) is 2.09. The van der Waals surface area contributed by atoms with E-state index in [0.29, 0.717) is 13.0 Å². The number of hydrogen-bond donors (Lipinski definition) is 1. The Hall–Kier alpha value is -2.13. The molecule has 20 heavy (non-hydrogen) atoms. The molecule has 2 rings (SSSR count). The van der Waals surface area contributed by atoms with Crippen molar-refractivity contribution in [2.24, 2.45) is 0 Å². The quantitative estimate of drug-likeness (QED) is 0.819. The minimum atomic E-state index is -0.197. The number of esters is 1. The van der Waals surface area contributed by atoms with E-state index in [2.05, 4.69) is 5.32 Å². The van der Waals surface area contributed by atoms with E-state index >= 15 is 0 Å². The van der Waals surface area contributed by atoms with E-state index in [1.54, 1.807) is 0 Å². The van der Waals surface area contributed by atoms with Crippen molar-refractivity contribution in [3.63, 3.8) is 0 Å². The van der Waals surface area contributed by atoms with Crippen LogP contribution in [-0.4, -0.2) is 13.0 Å². The maximum absolute atomic E-state index is 11.9. The lowest BCUT2D eigenvalue weighted by atomic mass is 10.0. The Morgan fingerprint density at radius 2 is 1.65 bits per heavy atom. The number of carbonyl (C=O) groups excluding carboxylic acids is 1. The summed E-state index contributed by atoms with van der Waals surface area (Å²) in [6.45, 7) is 0.324. The van der Waals surface area contributed by atoms with Gasteiger partial charge in [-0.15, -0.1) is 0 Å². The molecule has 0 aliphatic carbocycles. The van der Waals surface area contributed by atoms with Crippen molar-refractivity contribution in [3.8, 4) is 0 Å². The lowest BCUT2D eigenvalue weighted by Crippen LogP contribution is -2.21. The SMILES string of the molecule is CNC(CC(=O)OCc1ccccc1)c1ccccc1. The molecule has 0 saturated carbocycles. The lowest BCUT2D eigenvalue weighted by molar-refractivity contribution is -0.145. The first-order chi connectivity index (χ1) is 9.79. The highest BCUT2D eigenvalue weighted by molar-refractivity contribution is 5.70. The number of nitrogens with one attached hydrogen (secondary N) is 1. The molecule has 2 aromatic rings. The van der Waals surface area contributed by atoms with Gasteiger partial charge in [-0.1, -0.05) is 60.7 Å². The van der Waals surface area contributed by atoms with Gasteiger partial charge in [-0.2, -0.15) is 0 Å². The molecule has 0 aliphatic rings. The zero-order chi connectivity index (χ0) is 14.2. The van der Waals surface area contributed by atoms with Crippen molar-refractivity contribution in [2.75, 3.05) is 7.05 Å². The van der Waals surface area contributed by atoms with Crippen molar-refractivity contribution in [3.05, 3.63) is 71.8 Å². The Kier molecular flexibility index (Phi) is 5.33. The van der Waals surface area contributed by atoms with E-state index < -0.39 is 0 Å². The predicted molar refractivity (Wildman–Crippen MR) is 79.1 cm³/mol. The second-order valence-electron chi connectivity index (χ2n) is 4.60. The highest BCUT2D eigenvalue weighted by Gasteiger charge is 2.14. The van der Waals surface area contributed by atoms with Gasteiger partial charge in [0.15, 0.2) is 0 Å². The molecule has 1 unspecified atom stereocenters. The van der Waals surface area contributed by atoms with Crippen molar-refractivity contribution in [1.29, 1.82) is 0 Å². The first-order valence-electron chi connectivity index (χ1n) is 6.71. The zero-order valence-corrected chi connectivity index (χ0v) is 11.6. The molecule has 0 fully saturated rings. The van der Waals surface area contributed by atoms with E-state index in [4.69, 9.17) is 4.74 Å². The largest absolute Gasteiger partial charge is 0.461 e. The number of rotatable bonds is 6. The molecular weight excluding hydrogens is 250 g/mol. The minimum absolute atomic E-state index is 0.0144. The predicted octanol–water partition coefficient (Wildman–Crippen LogP) is 3.08. The fraction of sp³-hybridized carbons (Fsp3) is 0.235. The van der Waals surface area contributed by atoms with Gasteiger partial charge in [0.2, 0.25) is 0 Å². The molecule has 0 bridgehead atoms. The first kappa shape index (κ1) is 14.3. The van der Waals surface area contributed by atoms with Crippen LogP contribution in [0.5, 0.6) is 0 Å². The summed E-state index contributed by atoms with van der Waals surface area (Å²) in [4.78, 5) is 11.9. The molecular formula is C17H19NO2. The van der Waals surface area contributed by atoms with Gasteiger partial charge in [0.05, 0.1) is 6.42 Å². The highest BCUT2D eigenvalue weighted by Crippen LogP contribution is 2.16. The molecule has 0 spiro atoms. The van der Waals surface area contributed by atoms with Crippen molar-refractivity contribution < 1.29 is 9.53 Å². The Bertz CT molecular complexity index is 525. The molecule has 3 nitrogen and oxygen atoms in total. The second kappa shape index (κ2) is 7.46. The van der Waals surface area contributed by atoms with Gasteiger partial charge in [0, 0.05) is 6.04 Å². The summed E-state index contributed by atoms with van der Waals surface area (Å²) >= 11 is 0. The van der Waals surface area contributed by atoms with Crippen LogP contribution in [0.1, 0.15) is 23.6 Å². The average molecular weight is 269 g/mol. The van der Waals surface area contributed by atoms with Crippen LogP contribution in [0.4, 0.5) is 0 Å². The van der Waals surface area contributed by atoms with Crippen molar-refractivity contribution in [1.82, 2.24) is 5.32 Å². The molecule has 0 radical (unpaired) electrons. The maximum atomic E-state index is 11.9. The normalized spacial score (nSPS) is 11.8. The average Bonchev–Trinajstić information content (AvgIpc) is 2.52. The maximum Gasteiger partial charge on any atom is 0.308 e. The third kappa shape index (κ3) is 4.21. The fourth-order valence-electron chi connectivity index (χ4n) is 2.04. The molecule has 104 valence electrons. The van der Waals surface area contributed by atoms with Crippen LogP contribution >= 0.6 is 0 Å². The highest BCUT2D eigenvalue weighted by atomic mass is 16.5. The van der Waals surface area contributed by atoms with E-state index in [1.165, 1.54) is 0 Å². The van der Waals surface area contributed by atoms with Gasteiger partial charge in [-0.3, -0.25) is 4.79 Å².